The lowest BCUT2D eigenvalue weighted by Crippen LogP contribution is -1.89. The summed E-state index contributed by atoms with van der Waals surface area (Å²) in [5.74, 6) is 1.53. The van der Waals surface area contributed by atoms with Gasteiger partial charge in [-0.05, 0) is 43.3 Å². The summed E-state index contributed by atoms with van der Waals surface area (Å²) >= 11 is 3.42. The first-order valence-electron chi connectivity index (χ1n) is 6.92. The average Bonchev–Trinajstić information content (AvgIpc) is 2.99. The third kappa shape index (κ3) is 3.65. The van der Waals surface area contributed by atoms with E-state index in [9.17, 15) is 0 Å². The maximum absolute atomic E-state index is 5.76. The predicted octanol–water partition coefficient (Wildman–Crippen LogP) is 5.46. The number of anilines is 1. The van der Waals surface area contributed by atoms with Gasteiger partial charge in [-0.3, -0.25) is 5.43 Å². The lowest BCUT2D eigenvalue weighted by atomic mass is 10.2. The molecule has 3 aromatic rings. The molecule has 22 heavy (non-hydrogen) atoms. The van der Waals surface area contributed by atoms with E-state index < -0.39 is 0 Å². The van der Waals surface area contributed by atoms with E-state index in [1.54, 1.807) is 6.21 Å². The van der Waals surface area contributed by atoms with Gasteiger partial charge in [0.2, 0.25) is 0 Å². The molecule has 0 saturated heterocycles. The lowest BCUT2D eigenvalue weighted by Gasteiger charge is -1.99. The van der Waals surface area contributed by atoms with Crippen LogP contribution in [0.2, 0.25) is 0 Å². The molecule has 4 heteroatoms. The summed E-state index contributed by atoms with van der Waals surface area (Å²) in [5.41, 5.74) is 6.18. The summed E-state index contributed by atoms with van der Waals surface area (Å²) in [5, 5.41) is 4.19. The number of nitrogens with one attached hydrogen (secondary N) is 1. The highest BCUT2D eigenvalue weighted by atomic mass is 79.9. The zero-order chi connectivity index (χ0) is 15.4. The molecule has 0 aliphatic heterocycles. The van der Waals surface area contributed by atoms with Crippen LogP contribution in [-0.4, -0.2) is 6.21 Å². The van der Waals surface area contributed by atoms with Crippen LogP contribution in [0.15, 0.2) is 74.7 Å². The molecule has 110 valence electrons. The van der Waals surface area contributed by atoms with Gasteiger partial charge < -0.3 is 4.42 Å². The van der Waals surface area contributed by atoms with Gasteiger partial charge in [-0.2, -0.15) is 5.10 Å². The van der Waals surface area contributed by atoms with Crippen LogP contribution in [-0.2, 0) is 0 Å². The Balaban J connectivity index is 1.67. The third-order valence-corrected chi connectivity index (χ3v) is 3.72. The van der Waals surface area contributed by atoms with E-state index in [1.807, 2.05) is 60.7 Å². The Kier molecular flexibility index (Phi) is 4.39. The van der Waals surface area contributed by atoms with E-state index in [1.165, 1.54) is 5.56 Å². The van der Waals surface area contributed by atoms with E-state index in [0.717, 1.165) is 21.5 Å². The quantitative estimate of drug-likeness (QED) is 0.498. The molecule has 3 rings (SSSR count). The number of rotatable bonds is 4. The van der Waals surface area contributed by atoms with Gasteiger partial charge in [0.1, 0.15) is 11.5 Å². The van der Waals surface area contributed by atoms with Crippen molar-refractivity contribution in [2.75, 3.05) is 5.43 Å². The third-order valence-electron chi connectivity index (χ3n) is 3.19. The van der Waals surface area contributed by atoms with Gasteiger partial charge >= 0.3 is 0 Å². The molecular formula is C18H15BrN2O. The largest absolute Gasteiger partial charge is 0.455 e. The van der Waals surface area contributed by atoms with Gasteiger partial charge in [-0.1, -0.05) is 45.8 Å². The molecule has 0 unspecified atom stereocenters. The molecular weight excluding hydrogens is 340 g/mol. The molecule has 0 aliphatic carbocycles. The van der Waals surface area contributed by atoms with Crippen LogP contribution < -0.4 is 5.43 Å². The normalized spacial score (nSPS) is 11.0. The number of hydrazone groups is 1. The zero-order valence-corrected chi connectivity index (χ0v) is 13.7. The number of aryl methyl sites for hydroxylation is 1. The molecule has 0 spiro atoms. The van der Waals surface area contributed by atoms with E-state index in [-0.39, 0.29) is 0 Å². The highest BCUT2D eigenvalue weighted by Gasteiger charge is 2.03. The van der Waals surface area contributed by atoms with Crippen molar-refractivity contribution in [3.05, 3.63) is 76.5 Å². The molecule has 0 fully saturated rings. The first kappa shape index (κ1) is 14.6. The van der Waals surface area contributed by atoms with Gasteiger partial charge in [0.25, 0.3) is 0 Å². The first-order chi connectivity index (χ1) is 10.7. The highest BCUT2D eigenvalue weighted by Crippen LogP contribution is 2.23. The van der Waals surface area contributed by atoms with Crippen LogP contribution in [0.5, 0.6) is 0 Å². The molecule has 1 heterocycles. The van der Waals surface area contributed by atoms with Crippen LogP contribution in [0.25, 0.3) is 11.3 Å². The van der Waals surface area contributed by atoms with Crippen molar-refractivity contribution in [1.82, 2.24) is 0 Å². The minimum absolute atomic E-state index is 0.706. The zero-order valence-electron chi connectivity index (χ0n) is 12.1. The summed E-state index contributed by atoms with van der Waals surface area (Å²) in [6.45, 7) is 2.06. The summed E-state index contributed by atoms with van der Waals surface area (Å²) in [6, 6.07) is 19.9. The van der Waals surface area contributed by atoms with Crippen LogP contribution in [0.3, 0.4) is 0 Å². The fourth-order valence-electron chi connectivity index (χ4n) is 1.99. The number of benzene rings is 2. The molecule has 0 saturated carbocycles. The Morgan fingerprint density at radius 1 is 0.955 bits per heavy atom. The molecule has 0 amide bonds. The molecule has 1 N–H and O–H groups in total. The Labute approximate surface area is 137 Å². The Morgan fingerprint density at radius 2 is 1.68 bits per heavy atom. The maximum Gasteiger partial charge on any atom is 0.147 e. The Hall–Kier alpha value is -2.33. The van der Waals surface area contributed by atoms with Crippen molar-refractivity contribution in [1.29, 1.82) is 0 Å². The van der Waals surface area contributed by atoms with Gasteiger partial charge in [0.15, 0.2) is 0 Å². The molecule has 0 radical (unpaired) electrons. The van der Waals surface area contributed by atoms with Crippen molar-refractivity contribution < 1.29 is 4.42 Å². The van der Waals surface area contributed by atoms with Gasteiger partial charge in [0.05, 0.1) is 11.9 Å². The number of halogens is 1. The molecule has 0 bridgehead atoms. The van der Waals surface area contributed by atoms with E-state index in [2.05, 4.69) is 33.4 Å². The second-order valence-electron chi connectivity index (χ2n) is 4.94. The van der Waals surface area contributed by atoms with Crippen LogP contribution in [0.4, 0.5) is 5.69 Å². The average molecular weight is 355 g/mol. The minimum Gasteiger partial charge on any atom is -0.455 e. The topological polar surface area (TPSA) is 37.5 Å². The van der Waals surface area contributed by atoms with Crippen LogP contribution in [0, 0.1) is 6.92 Å². The van der Waals surface area contributed by atoms with Crippen LogP contribution in [0.1, 0.15) is 11.3 Å². The maximum atomic E-state index is 5.76. The summed E-state index contributed by atoms with van der Waals surface area (Å²) in [7, 11) is 0. The lowest BCUT2D eigenvalue weighted by molar-refractivity contribution is 0.575. The second kappa shape index (κ2) is 6.62. The smallest absolute Gasteiger partial charge is 0.147 e. The van der Waals surface area contributed by atoms with Gasteiger partial charge in [0, 0.05) is 10.0 Å². The Morgan fingerprint density at radius 3 is 2.41 bits per heavy atom. The number of hydrogen-bond donors (Lipinski definition) is 1. The minimum atomic E-state index is 0.706. The molecule has 0 aliphatic rings. The number of nitrogens with zero attached hydrogens (tertiary/aromatic N) is 1. The Bertz CT molecular complexity index is 774. The van der Waals surface area contributed by atoms with Crippen molar-refractivity contribution in [3.8, 4) is 11.3 Å². The fourth-order valence-corrected chi connectivity index (χ4v) is 2.25. The van der Waals surface area contributed by atoms with Crippen molar-refractivity contribution in [3.63, 3.8) is 0 Å². The molecule has 1 aromatic heterocycles. The van der Waals surface area contributed by atoms with Gasteiger partial charge in [-0.25, -0.2) is 0 Å². The number of furan rings is 1. The predicted molar refractivity (Wildman–Crippen MR) is 94.2 cm³/mol. The van der Waals surface area contributed by atoms with Crippen molar-refractivity contribution in [2.45, 2.75) is 6.92 Å². The molecule has 3 nitrogen and oxygen atoms in total. The monoisotopic (exact) mass is 354 g/mol. The second-order valence-corrected chi connectivity index (χ2v) is 5.86. The summed E-state index contributed by atoms with van der Waals surface area (Å²) in [4.78, 5) is 0. The molecule has 2 aromatic carbocycles. The number of hydrogen-bond acceptors (Lipinski definition) is 3. The van der Waals surface area contributed by atoms with E-state index >= 15 is 0 Å². The highest BCUT2D eigenvalue weighted by molar-refractivity contribution is 9.10. The fraction of sp³-hybridized carbons (Fsp3) is 0.0556. The summed E-state index contributed by atoms with van der Waals surface area (Å²) in [6.07, 6.45) is 1.67. The first-order valence-corrected chi connectivity index (χ1v) is 7.71. The molecule has 0 atom stereocenters. The standard InChI is InChI=1S/C18H15BrN2O/c1-13-2-8-16(9-3-13)21-20-12-17-10-11-18(22-17)14-4-6-15(19)7-5-14/h2-12,21H,1H3/b20-12-. The van der Waals surface area contributed by atoms with Crippen LogP contribution >= 0.6 is 15.9 Å². The van der Waals surface area contributed by atoms with Crippen molar-refractivity contribution >= 4 is 27.8 Å². The van der Waals surface area contributed by atoms with E-state index in [4.69, 9.17) is 4.42 Å². The van der Waals surface area contributed by atoms with E-state index in [0.29, 0.717) is 5.76 Å². The summed E-state index contributed by atoms with van der Waals surface area (Å²) < 4.78 is 6.81. The SMILES string of the molecule is Cc1ccc(N/N=C\c2ccc(-c3ccc(Br)cc3)o2)cc1. The van der Waals surface area contributed by atoms with Gasteiger partial charge in [-0.15, -0.1) is 0 Å². The van der Waals surface area contributed by atoms with Crippen molar-refractivity contribution in [2.24, 2.45) is 5.10 Å².